The Kier molecular flexibility index (Phi) is 4.72. The van der Waals surface area contributed by atoms with Crippen LogP contribution in [0, 0.1) is 12.7 Å². The normalized spacial score (nSPS) is 18.4. The fraction of sp³-hybridized carbons (Fsp3) is 0.0909. The maximum Gasteiger partial charge on any atom is 0.300 e. The number of hydrogen-bond donors (Lipinski definition) is 1. The van der Waals surface area contributed by atoms with Gasteiger partial charge in [0, 0.05) is 16.3 Å². The summed E-state index contributed by atoms with van der Waals surface area (Å²) >= 11 is 6.00. The number of aliphatic hydroxyl groups excluding tert-OH is 1. The van der Waals surface area contributed by atoms with Crippen molar-refractivity contribution in [2.24, 2.45) is 0 Å². The molecule has 1 fully saturated rings. The molecule has 1 aliphatic rings. The summed E-state index contributed by atoms with van der Waals surface area (Å²) in [6.45, 7) is 1.72. The second kappa shape index (κ2) is 7.22. The van der Waals surface area contributed by atoms with Gasteiger partial charge in [-0.1, -0.05) is 29.8 Å². The Morgan fingerprint density at radius 1 is 1.10 bits per heavy atom. The molecule has 4 rings (SSSR count). The molecular formula is C22H15ClFNO4. The van der Waals surface area contributed by atoms with Crippen molar-refractivity contribution in [3.63, 3.8) is 0 Å². The lowest BCUT2D eigenvalue weighted by molar-refractivity contribution is -0.132. The molecule has 0 radical (unpaired) electrons. The first-order valence-corrected chi connectivity index (χ1v) is 9.13. The number of aryl methyl sites for hydroxylation is 1. The van der Waals surface area contributed by atoms with Crippen molar-refractivity contribution in [2.75, 3.05) is 4.90 Å². The summed E-state index contributed by atoms with van der Waals surface area (Å²) in [5, 5.41) is 11.3. The zero-order valence-electron chi connectivity index (χ0n) is 15.2. The van der Waals surface area contributed by atoms with Gasteiger partial charge in [0.15, 0.2) is 0 Å². The molecule has 2 aromatic carbocycles. The Labute approximate surface area is 170 Å². The van der Waals surface area contributed by atoms with Gasteiger partial charge < -0.3 is 9.52 Å². The van der Waals surface area contributed by atoms with Crippen molar-refractivity contribution >= 4 is 34.7 Å². The van der Waals surface area contributed by atoms with Gasteiger partial charge >= 0.3 is 0 Å². The fourth-order valence-corrected chi connectivity index (χ4v) is 3.58. The second-order valence-electron chi connectivity index (χ2n) is 6.61. The van der Waals surface area contributed by atoms with E-state index in [-0.39, 0.29) is 28.3 Å². The molecule has 0 spiro atoms. The van der Waals surface area contributed by atoms with Crippen LogP contribution in [-0.4, -0.2) is 16.8 Å². The molecule has 0 aliphatic carbocycles. The van der Waals surface area contributed by atoms with E-state index in [0.29, 0.717) is 10.8 Å². The summed E-state index contributed by atoms with van der Waals surface area (Å²) in [5.41, 5.74) is 0.301. The number of furan rings is 1. The average Bonchev–Trinajstić information content (AvgIpc) is 3.23. The number of anilines is 1. The van der Waals surface area contributed by atoms with Crippen LogP contribution in [0.25, 0.3) is 5.76 Å². The first-order chi connectivity index (χ1) is 13.9. The predicted octanol–water partition coefficient (Wildman–Crippen LogP) is 5.01. The van der Waals surface area contributed by atoms with E-state index < -0.39 is 23.5 Å². The van der Waals surface area contributed by atoms with Gasteiger partial charge in [0.05, 0.1) is 5.57 Å². The van der Waals surface area contributed by atoms with Crippen molar-refractivity contribution < 1.29 is 23.5 Å². The number of rotatable bonds is 3. The smallest absolute Gasteiger partial charge is 0.300 e. The Balaban J connectivity index is 1.95. The molecule has 2 heterocycles. The lowest BCUT2D eigenvalue weighted by Gasteiger charge is -2.23. The summed E-state index contributed by atoms with van der Waals surface area (Å²) in [6.07, 6.45) is 0. The van der Waals surface area contributed by atoms with Crippen molar-refractivity contribution in [1.82, 2.24) is 0 Å². The SMILES string of the molecule is Cc1ccc(C2/C(=C(/O)c3cccc(Cl)c3)C(=O)C(=O)N2c2cccc(F)c2)o1. The second-order valence-corrected chi connectivity index (χ2v) is 7.04. The Morgan fingerprint density at radius 3 is 2.52 bits per heavy atom. The molecule has 0 bridgehead atoms. The van der Waals surface area contributed by atoms with Crippen LogP contribution in [-0.2, 0) is 9.59 Å². The highest BCUT2D eigenvalue weighted by molar-refractivity contribution is 6.51. The number of benzene rings is 2. The number of nitrogens with zero attached hydrogens (tertiary/aromatic N) is 1. The number of carbonyl (C=O) groups excluding carboxylic acids is 2. The van der Waals surface area contributed by atoms with Crippen LogP contribution in [0.3, 0.4) is 0 Å². The summed E-state index contributed by atoms with van der Waals surface area (Å²) in [7, 11) is 0. The maximum absolute atomic E-state index is 13.8. The van der Waals surface area contributed by atoms with E-state index in [0.717, 1.165) is 11.0 Å². The molecule has 29 heavy (non-hydrogen) atoms. The molecule has 3 aromatic rings. The number of halogens is 2. The van der Waals surface area contributed by atoms with Crippen LogP contribution < -0.4 is 4.90 Å². The number of Topliss-reactive ketones (excluding diaryl/α,β-unsaturated/α-hetero) is 1. The molecule has 0 saturated carbocycles. The monoisotopic (exact) mass is 411 g/mol. The van der Waals surface area contributed by atoms with Gasteiger partial charge in [-0.15, -0.1) is 0 Å². The largest absolute Gasteiger partial charge is 0.507 e. The van der Waals surface area contributed by atoms with Crippen LogP contribution in [0.15, 0.2) is 70.7 Å². The quantitative estimate of drug-likeness (QED) is 0.374. The highest BCUT2D eigenvalue weighted by atomic mass is 35.5. The van der Waals surface area contributed by atoms with Crippen molar-refractivity contribution in [1.29, 1.82) is 0 Å². The molecular weight excluding hydrogens is 397 g/mol. The van der Waals surface area contributed by atoms with Crippen molar-refractivity contribution in [3.8, 4) is 0 Å². The minimum absolute atomic E-state index is 0.157. The maximum atomic E-state index is 13.8. The summed E-state index contributed by atoms with van der Waals surface area (Å²) < 4.78 is 19.5. The average molecular weight is 412 g/mol. The molecule has 1 aliphatic heterocycles. The molecule has 146 valence electrons. The fourth-order valence-electron chi connectivity index (χ4n) is 3.39. The van der Waals surface area contributed by atoms with E-state index in [1.54, 1.807) is 37.3 Å². The zero-order chi connectivity index (χ0) is 20.7. The predicted molar refractivity (Wildman–Crippen MR) is 106 cm³/mol. The van der Waals surface area contributed by atoms with Crippen LogP contribution >= 0.6 is 11.6 Å². The van der Waals surface area contributed by atoms with Crippen LogP contribution in [0.5, 0.6) is 0 Å². The highest BCUT2D eigenvalue weighted by Crippen LogP contribution is 2.42. The Bertz CT molecular complexity index is 1170. The van der Waals surface area contributed by atoms with Gasteiger partial charge in [0.2, 0.25) is 0 Å². The van der Waals surface area contributed by atoms with E-state index in [2.05, 4.69) is 0 Å². The lowest BCUT2D eigenvalue weighted by Crippen LogP contribution is -2.29. The van der Waals surface area contributed by atoms with Gasteiger partial charge in [-0.25, -0.2) is 4.39 Å². The van der Waals surface area contributed by atoms with Gasteiger partial charge in [-0.3, -0.25) is 14.5 Å². The number of ketones is 1. The van der Waals surface area contributed by atoms with E-state index in [4.69, 9.17) is 16.0 Å². The Hall–Kier alpha value is -3.38. The lowest BCUT2D eigenvalue weighted by atomic mass is 9.99. The van der Waals surface area contributed by atoms with Gasteiger partial charge in [-0.2, -0.15) is 0 Å². The number of amides is 1. The van der Waals surface area contributed by atoms with Gasteiger partial charge in [0.25, 0.3) is 11.7 Å². The van der Waals surface area contributed by atoms with Crippen molar-refractivity contribution in [3.05, 3.63) is 94.2 Å². The van der Waals surface area contributed by atoms with Crippen LogP contribution in [0.2, 0.25) is 5.02 Å². The van der Waals surface area contributed by atoms with E-state index >= 15 is 0 Å². The third-order valence-corrected chi connectivity index (χ3v) is 4.89. The molecule has 1 amide bonds. The zero-order valence-corrected chi connectivity index (χ0v) is 16.0. The third-order valence-electron chi connectivity index (χ3n) is 4.66. The molecule has 1 N–H and O–H groups in total. The highest BCUT2D eigenvalue weighted by Gasteiger charge is 2.48. The first kappa shape index (κ1) is 19.0. The van der Waals surface area contributed by atoms with E-state index in [1.165, 1.54) is 24.3 Å². The van der Waals surface area contributed by atoms with Gasteiger partial charge in [-0.05, 0) is 49.4 Å². The molecule has 7 heteroatoms. The minimum atomic E-state index is -1.05. The van der Waals surface area contributed by atoms with Crippen LogP contribution in [0.4, 0.5) is 10.1 Å². The third kappa shape index (κ3) is 3.32. The van der Waals surface area contributed by atoms with E-state index in [9.17, 15) is 19.1 Å². The molecule has 1 unspecified atom stereocenters. The van der Waals surface area contributed by atoms with Gasteiger partial charge in [0.1, 0.15) is 29.1 Å². The first-order valence-electron chi connectivity index (χ1n) is 8.75. The number of hydrogen-bond acceptors (Lipinski definition) is 4. The molecule has 1 atom stereocenters. The minimum Gasteiger partial charge on any atom is -0.507 e. The van der Waals surface area contributed by atoms with Crippen LogP contribution in [0.1, 0.15) is 23.1 Å². The molecule has 5 nitrogen and oxygen atoms in total. The Morgan fingerprint density at radius 2 is 1.86 bits per heavy atom. The molecule has 1 saturated heterocycles. The van der Waals surface area contributed by atoms with Crippen molar-refractivity contribution in [2.45, 2.75) is 13.0 Å². The summed E-state index contributed by atoms with van der Waals surface area (Å²) in [6, 6.07) is 13.9. The van der Waals surface area contributed by atoms with E-state index in [1.807, 2.05) is 0 Å². The standard InChI is InChI=1S/C22H15ClFNO4/c1-12-8-9-17(29-12)19-18(20(26)13-4-2-5-14(23)10-13)21(27)22(28)25(19)16-7-3-6-15(24)11-16/h2-11,19,26H,1H3/b20-18-. The number of carbonyl (C=O) groups is 2. The molecule has 1 aromatic heterocycles. The topological polar surface area (TPSA) is 70.8 Å². The number of aliphatic hydroxyl groups is 1. The summed E-state index contributed by atoms with van der Waals surface area (Å²) in [5.74, 6) is -1.90. The summed E-state index contributed by atoms with van der Waals surface area (Å²) in [4.78, 5) is 26.9.